The van der Waals surface area contributed by atoms with Crippen molar-refractivity contribution in [3.05, 3.63) is 64.6 Å². The molecular weight excluding hydrogens is 409 g/mol. The third kappa shape index (κ3) is 4.79. The molecule has 3 heterocycles. The Kier molecular flexibility index (Phi) is 5.95. The van der Waals surface area contributed by atoms with Gasteiger partial charge in [-0.05, 0) is 38.0 Å². The van der Waals surface area contributed by atoms with Crippen LogP contribution < -0.4 is 15.2 Å². The van der Waals surface area contributed by atoms with E-state index in [1.165, 1.54) is 24.5 Å². The average Bonchev–Trinajstić information content (AvgIpc) is 2.73. The normalized spacial score (nSPS) is 15.0. The average molecular weight is 438 g/mol. The summed E-state index contributed by atoms with van der Waals surface area (Å²) in [5, 5.41) is 0. The number of aromatic nitrogens is 4. The molecule has 1 aliphatic rings. The number of nitrogens with zero attached hydrogens (tertiary/aromatic N) is 5. The van der Waals surface area contributed by atoms with E-state index in [0.717, 1.165) is 12.1 Å². The Morgan fingerprint density at radius 2 is 1.97 bits per heavy atom. The van der Waals surface area contributed by atoms with Crippen LogP contribution in [0.25, 0.3) is 11.4 Å². The van der Waals surface area contributed by atoms with Gasteiger partial charge < -0.3 is 9.64 Å². The van der Waals surface area contributed by atoms with E-state index < -0.39 is 0 Å². The van der Waals surface area contributed by atoms with Crippen molar-refractivity contribution in [3.8, 4) is 17.1 Å². The number of anilines is 1. The van der Waals surface area contributed by atoms with Gasteiger partial charge in [-0.3, -0.25) is 9.36 Å². The second-order valence-corrected chi connectivity index (χ2v) is 9.21. The third-order valence-corrected chi connectivity index (χ3v) is 5.36. The molecule has 0 fully saturated rings. The van der Waals surface area contributed by atoms with E-state index in [-0.39, 0.29) is 22.9 Å². The minimum absolute atomic E-state index is 0.0548. The Hall–Kier alpha value is -3.29. The molecule has 0 unspecified atom stereocenters. The third-order valence-electron chi connectivity index (χ3n) is 5.36. The first kappa shape index (κ1) is 21.9. The summed E-state index contributed by atoms with van der Waals surface area (Å²) in [7, 11) is 0. The van der Waals surface area contributed by atoms with E-state index in [4.69, 9.17) is 9.72 Å². The predicted molar refractivity (Wildman–Crippen MR) is 121 cm³/mol. The van der Waals surface area contributed by atoms with Crippen molar-refractivity contribution >= 4 is 5.95 Å². The molecule has 0 saturated heterocycles. The van der Waals surface area contributed by atoms with Crippen LogP contribution in [0.1, 0.15) is 33.3 Å². The van der Waals surface area contributed by atoms with E-state index in [1.54, 1.807) is 22.9 Å². The fraction of sp³-hybridized carbons (Fsp3) is 0.417. The van der Waals surface area contributed by atoms with E-state index in [9.17, 15) is 9.18 Å². The highest BCUT2D eigenvalue weighted by Gasteiger charge is 2.32. The van der Waals surface area contributed by atoms with Crippen LogP contribution in [0.15, 0.2) is 47.7 Å². The van der Waals surface area contributed by atoms with E-state index in [2.05, 4.69) is 28.7 Å². The maximum atomic E-state index is 13.8. The first-order chi connectivity index (χ1) is 15.2. The fourth-order valence-electron chi connectivity index (χ4n) is 4.06. The monoisotopic (exact) mass is 437 g/mol. The molecule has 0 aliphatic carbocycles. The summed E-state index contributed by atoms with van der Waals surface area (Å²) >= 11 is 0. The van der Waals surface area contributed by atoms with Gasteiger partial charge in [-0.25, -0.2) is 19.3 Å². The lowest BCUT2D eigenvalue weighted by Gasteiger charge is -2.40. The first-order valence-electron chi connectivity index (χ1n) is 10.8. The lowest BCUT2D eigenvalue weighted by atomic mass is 9.90. The predicted octanol–water partition coefficient (Wildman–Crippen LogP) is 3.72. The van der Waals surface area contributed by atoms with Gasteiger partial charge in [0, 0.05) is 43.4 Å². The van der Waals surface area contributed by atoms with Gasteiger partial charge in [0.15, 0.2) is 0 Å². The number of halogens is 1. The van der Waals surface area contributed by atoms with Crippen LogP contribution in [-0.4, -0.2) is 38.7 Å². The van der Waals surface area contributed by atoms with Crippen molar-refractivity contribution in [2.24, 2.45) is 5.41 Å². The van der Waals surface area contributed by atoms with Gasteiger partial charge in [-0.1, -0.05) is 19.9 Å². The van der Waals surface area contributed by atoms with Gasteiger partial charge in [0.2, 0.25) is 5.95 Å². The number of hydrogen-bond acceptors (Lipinski definition) is 6. The molecule has 0 saturated carbocycles. The zero-order valence-electron chi connectivity index (χ0n) is 18.9. The Morgan fingerprint density at radius 1 is 1.16 bits per heavy atom. The Balaban J connectivity index is 1.67. The number of hydrogen-bond donors (Lipinski definition) is 0. The van der Waals surface area contributed by atoms with E-state index in [1.807, 2.05) is 13.8 Å². The van der Waals surface area contributed by atoms with Crippen LogP contribution in [-0.2, 0) is 13.0 Å². The van der Waals surface area contributed by atoms with E-state index >= 15 is 0 Å². The molecule has 0 atom stereocenters. The lowest BCUT2D eigenvalue weighted by molar-refractivity contribution is 0.238. The molecule has 4 rings (SSSR count). The van der Waals surface area contributed by atoms with Crippen molar-refractivity contribution < 1.29 is 9.13 Å². The molecule has 32 heavy (non-hydrogen) atoms. The maximum absolute atomic E-state index is 13.8. The largest absolute Gasteiger partial charge is 0.491 e. The maximum Gasteiger partial charge on any atom is 0.255 e. The van der Waals surface area contributed by atoms with Gasteiger partial charge in [0.25, 0.3) is 5.56 Å². The molecule has 7 nitrogen and oxygen atoms in total. The summed E-state index contributed by atoms with van der Waals surface area (Å²) in [6, 6.07) is 7.91. The molecule has 1 aromatic carbocycles. The topological polar surface area (TPSA) is 73.1 Å². The van der Waals surface area contributed by atoms with Crippen LogP contribution in [0.3, 0.4) is 0 Å². The van der Waals surface area contributed by atoms with Crippen LogP contribution in [0.2, 0.25) is 0 Å². The smallest absolute Gasteiger partial charge is 0.255 e. The van der Waals surface area contributed by atoms with E-state index in [0.29, 0.717) is 42.6 Å². The van der Waals surface area contributed by atoms with Crippen LogP contribution in [0.4, 0.5) is 10.3 Å². The second kappa shape index (κ2) is 8.68. The quantitative estimate of drug-likeness (QED) is 0.585. The van der Waals surface area contributed by atoms with Gasteiger partial charge in [0.1, 0.15) is 17.9 Å². The highest BCUT2D eigenvalue weighted by molar-refractivity contribution is 5.55. The standard InChI is InChI=1S/C24H28FN5O2/c1-16(2)32-21-11-18(25)6-5-17(21)8-10-29-13-24(3,4)14-30-22(31)12-20(28-23(29)30)19-7-9-26-15-27-19/h5-7,9,11-12,15-16H,8,10,13-14H2,1-4H3. The molecule has 0 spiro atoms. The lowest BCUT2D eigenvalue weighted by Crippen LogP contribution is -2.48. The highest BCUT2D eigenvalue weighted by Crippen LogP contribution is 2.31. The Morgan fingerprint density at radius 3 is 2.69 bits per heavy atom. The summed E-state index contributed by atoms with van der Waals surface area (Å²) in [4.78, 5) is 28.1. The molecule has 3 aromatic rings. The van der Waals surface area contributed by atoms with Crippen LogP contribution in [0.5, 0.6) is 5.75 Å². The van der Waals surface area contributed by atoms with Gasteiger partial charge in [-0.15, -0.1) is 0 Å². The van der Waals surface area contributed by atoms with Gasteiger partial charge >= 0.3 is 0 Å². The molecule has 168 valence electrons. The summed E-state index contributed by atoms with van der Waals surface area (Å²) in [5.74, 6) is 0.854. The van der Waals surface area contributed by atoms with Crippen molar-refractivity contribution in [2.45, 2.75) is 46.8 Å². The zero-order chi connectivity index (χ0) is 22.9. The summed E-state index contributed by atoms with van der Waals surface area (Å²) in [6.45, 7) is 10.1. The molecule has 2 aromatic heterocycles. The molecule has 0 N–H and O–H groups in total. The van der Waals surface area contributed by atoms with Crippen molar-refractivity contribution in [1.29, 1.82) is 0 Å². The van der Waals surface area contributed by atoms with Crippen molar-refractivity contribution in [1.82, 2.24) is 19.5 Å². The summed E-state index contributed by atoms with van der Waals surface area (Å²) in [5.41, 5.74) is 1.85. The Bertz CT molecular complexity index is 1160. The molecule has 0 amide bonds. The minimum atomic E-state index is -0.323. The number of benzene rings is 1. The summed E-state index contributed by atoms with van der Waals surface area (Å²) in [6.07, 6.45) is 3.65. The SMILES string of the molecule is CC(C)Oc1cc(F)ccc1CCN1CC(C)(C)Cn2c1nc(-c1ccncn1)cc2=O. The number of ether oxygens (including phenoxy) is 1. The summed E-state index contributed by atoms with van der Waals surface area (Å²) < 4.78 is 21.3. The Labute approximate surface area is 186 Å². The molecule has 0 bridgehead atoms. The number of fused-ring (bicyclic) bond motifs is 1. The number of rotatable bonds is 6. The second-order valence-electron chi connectivity index (χ2n) is 9.21. The van der Waals surface area contributed by atoms with Crippen molar-refractivity contribution in [2.75, 3.05) is 18.0 Å². The molecule has 1 aliphatic heterocycles. The van der Waals surface area contributed by atoms with Gasteiger partial charge in [-0.2, -0.15) is 0 Å². The van der Waals surface area contributed by atoms with Crippen molar-refractivity contribution in [3.63, 3.8) is 0 Å². The minimum Gasteiger partial charge on any atom is -0.491 e. The highest BCUT2D eigenvalue weighted by atomic mass is 19.1. The molecule has 0 radical (unpaired) electrons. The molecule has 8 heteroatoms. The fourth-order valence-corrected chi connectivity index (χ4v) is 4.06. The first-order valence-corrected chi connectivity index (χ1v) is 10.8. The van der Waals surface area contributed by atoms with Gasteiger partial charge in [0.05, 0.1) is 17.5 Å². The van der Waals surface area contributed by atoms with Crippen LogP contribution >= 0.6 is 0 Å². The molecular formula is C24H28FN5O2. The zero-order valence-corrected chi connectivity index (χ0v) is 18.9. The van der Waals surface area contributed by atoms with Crippen LogP contribution in [0, 0.1) is 11.2 Å².